The number of ether oxygens (including phenoxy) is 1. The summed E-state index contributed by atoms with van der Waals surface area (Å²) in [6.45, 7) is 3.93. The van der Waals surface area contributed by atoms with Crippen LogP contribution in [0, 0.1) is 5.92 Å². The maximum absolute atomic E-state index is 12.4. The molecular weight excluding hydrogens is 292 g/mol. The second-order valence-electron chi connectivity index (χ2n) is 5.89. The van der Waals surface area contributed by atoms with Crippen molar-refractivity contribution in [1.29, 1.82) is 0 Å². The first-order valence-electron chi connectivity index (χ1n) is 8.15. The van der Waals surface area contributed by atoms with E-state index in [1.807, 2.05) is 24.3 Å². The van der Waals surface area contributed by atoms with E-state index < -0.39 is 0 Å². The summed E-state index contributed by atoms with van der Waals surface area (Å²) >= 11 is 0. The van der Waals surface area contributed by atoms with E-state index in [0.717, 1.165) is 42.5 Å². The van der Waals surface area contributed by atoms with E-state index >= 15 is 0 Å². The summed E-state index contributed by atoms with van der Waals surface area (Å²) in [5.74, 6) is -0.0994. The molecule has 0 radical (unpaired) electrons. The van der Waals surface area contributed by atoms with Gasteiger partial charge in [-0.25, -0.2) is 4.79 Å². The van der Waals surface area contributed by atoms with Crippen molar-refractivity contribution >= 4 is 22.6 Å². The summed E-state index contributed by atoms with van der Waals surface area (Å²) in [5, 5.41) is 10.5. The number of benzene rings is 1. The van der Waals surface area contributed by atoms with Crippen molar-refractivity contribution in [2.75, 3.05) is 31.2 Å². The predicted octanol–water partition coefficient (Wildman–Crippen LogP) is 2.62. The number of anilines is 1. The molecule has 23 heavy (non-hydrogen) atoms. The number of aliphatic hydroxyl groups is 1. The van der Waals surface area contributed by atoms with Crippen molar-refractivity contribution in [3.05, 3.63) is 36.0 Å². The molecule has 2 aromatic rings. The van der Waals surface area contributed by atoms with Gasteiger partial charge in [-0.1, -0.05) is 18.2 Å². The summed E-state index contributed by atoms with van der Waals surface area (Å²) in [6.07, 6.45) is 3.63. The van der Waals surface area contributed by atoms with Gasteiger partial charge in [0.25, 0.3) is 0 Å². The Morgan fingerprint density at radius 2 is 2.26 bits per heavy atom. The lowest BCUT2D eigenvalue weighted by atomic mass is 9.97. The highest BCUT2D eigenvalue weighted by atomic mass is 16.5. The lowest BCUT2D eigenvalue weighted by Gasteiger charge is -2.35. The topological polar surface area (TPSA) is 62.7 Å². The van der Waals surface area contributed by atoms with Crippen LogP contribution in [0.25, 0.3) is 10.9 Å². The van der Waals surface area contributed by atoms with Gasteiger partial charge in [0.2, 0.25) is 0 Å². The molecule has 1 aromatic carbocycles. The van der Waals surface area contributed by atoms with Gasteiger partial charge in [0.1, 0.15) is 5.56 Å². The van der Waals surface area contributed by atoms with E-state index in [-0.39, 0.29) is 18.5 Å². The number of hydrogen-bond donors (Lipinski definition) is 1. The molecule has 2 heterocycles. The predicted molar refractivity (Wildman–Crippen MR) is 89.7 cm³/mol. The minimum Gasteiger partial charge on any atom is -0.462 e. The molecule has 3 rings (SSSR count). The van der Waals surface area contributed by atoms with Crippen LogP contribution in [-0.2, 0) is 4.74 Å². The third kappa shape index (κ3) is 3.15. The average molecular weight is 314 g/mol. The van der Waals surface area contributed by atoms with E-state index in [2.05, 4.69) is 9.88 Å². The van der Waals surface area contributed by atoms with Crippen LogP contribution < -0.4 is 4.90 Å². The standard InChI is InChI=1S/C18H22N2O3/c1-2-23-18(22)15-10-19-16-8-4-3-7-14(16)17(15)20-9-5-6-13(11-20)12-21/h3-4,7-8,10,13,21H,2,5-6,9,11-12H2,1H3/t13-/m1/s1. The van der Waals surface area contributed by atoms with Crippen molar-refractivity contribution < 1.29 is 14.6 Å². The van der Waals surface area contributed by atoms with E-state index in [9.17, 15) is 9.90 Å². The molecule has 1 aromatic heterocycles. The van der Waals surface area contributed by atoms with Gasteiger partial charge in [-0.15, -0.1) is 0 Å². The van der Waals surface area contributed by atoms with Crippen LogP contribution in [0.2, 0.25) is 0 Å². The Labute approximate surface area is 135 Å². The van der Waals surface area contributed by atoms with Crippen molar-refractivity contribution in [3.8, 4) is 0 Å². The number of para-hydroxylation sites is 1. The zero-order valence-corrected chi connectivity index (χ0v) is 13.4. The molecule has 1 atom stereocenters. The fraction of sp³-hybridized carbons (Fsp3) is 0.444. The van der Waals surface area contributed by atoms with Crippen LogP contribution in [0.1, 0.15) is 30.1 Å². The summed E-state index contributed by atoms with van der Waals surface area (Å²) in [6, 6.07) is 7.83. The SMILES string of the molecule is CCOC(=O)c1cnc2ccccc2c1N1CCC[C@@H](CO)C1. The summed E-state index contributed by atoms with van der Waals surface area (Å²) < 4.78 is 5.21. The highest BCUT2D eigenvalue weighted by Crippen LogP contribution is 2.33. The maximum atomic E-state index is 12.4. The first kappa shape index (κ1) is 15.7. The van der Waals surface area contributed by atoms with Crippen LogP contribution in [0.5, 0.6) is 0 Å². The summed E-state index contributed by atoms with van der Waals surface area (Å²) in [4.78, 5) is 19.0. The van der Waals surface area contributed by atoms with Gasteiger partial charge in [-0.2, -0.15) is 0 Å². The number of carbonyl (C=O) groups is 1. The van der Waals surface area contributed by atoms with Crippen LogP contribution in [0.4, 0.5) is 5.69 Å². The van der Waals surface area contributed by atoms with Crippen molar-refractivity contribution in [2.45, 2.75) is 19.8 Å². The first-order chi connectivity index (χ1) is 11.2. The summed E-state index contributed by atoms with van der Waals surface area (Å²) in [7, 11) is 0. The molecule has 0 saturated carbocycles. The molecule has 0 bridgehead atoms. The second kappa shape index (κ2) is 6.96. The molecule has 1 aliphatic heterocycles. The van der Waals surface area contributed by atoms with Crippen LogP contribution in [0.15, 0.2) is 30.5 Å². The molecule has 1 fully saturated rings. The first-order valence-corrected chi connectivity index (χ1v) is 8.15. The maximum Gasteiger partial charge on any atom is 0.341 e. The van der Waals surface area contributed by atoms with Crippen molar-refractivity contribution in [2.24, 2.45) is 5.92 Å². The molecule has 0 amide bonds. The Bertz CT molecular complexity index is 702. The molecule has 1 aliphatic rings. The Balaban J connectivity index is 2.10. The largest absolute Gasteiger partial charge is 0.462 e. The van der Waals surface area contributed by atoms with Gasteiger partial charge in [0, 0.05) is 31.3 Å². The molecule has 0 aliphatic carbocycles. The third-order valence-electron chi connectivity index (χ3n) is 4.34. The number of hydrogen-bond acceptors (Lipinski definition) is 5. The molecule has 0 unspecified atom stereocenters. The smallest absolute Gasteiger partial charge is 0.341 e. The number of carbonyl (C=O) groups excluding carboxylic acids is 1. The minimum absolute atomic E-state index is 0.175. The normalized spacial score (nSPS) is 18.2. The number of nitrogens with zero attached hydrogens (tertiary/aromatic N) is 2. The van der Waals surface area contributed by atoms with Gasteiger partial charge in [-0.05, 0) is 31.7 Å². The zero-order chi connectivity index (χ0) is 16.2. The molecule has 122 valence electrons. The highest BCUT2D eigenvalue weighted by Gasteiger charge is 2.26. The van der Waals surface area contributed by atoms with Gasteiger partial charge < -0.3 is 14.7 Å². The van der Waals surface area contributed by atoms with Crippen LogP contribution in [0.3, 0.4) is 0 Å². The number of rotatable bonds is 4. The molecule has 5 heteroatoms. The van der Waals surface area contributed by atoms with Gasteiger partial charge in [0.15, 0.2) is 0 Å². The molecular formula is C18H22N2O3. The zero-order valence-electron chi connectivity index (χ0n) is 13.4. The molecule has 5 nitrogen and oxygen atoms in total. The van der Waals surface area contributed by atoms with Crippen LogP contribution >= 0.6 is 0 Å². The third-order valence-corrected chi connectivity index (χ3v) is 4.34. The highest BCUT2D eigenvalue weighted by molar-refractivity contribution is 6.05. The van der Waals surface area contributed by atoms with E-state index in [0.29, 0.717) is 12.2 Å². The Morgan fingerprint density at radius 3 is 3.04 bits per heavy atom. The molecule has 1 saturated heterocycles. The van der Waals surface area contributed by atoms with Crippen LogP contribution in [-0.4, -0.2) is 42.4 Å². The van der Waals surface area contributed by atoms with E-state index in [4.69, 9.17) is 4.74 Å². The molecule has 1 N–H and O–H groups in total. The van der Waals surface area contributed by atoms with Gasteiger partial charge >= 0.3 is 5.97 Å². The van der Waals surface area contributed by atoms with E-state index in [1.54, 1.807) is 13.1 Å². The second-order valence-corrected chi connectivity index (χ2v) is 5.89. The lowest BCUT2D eigenvalue weighted by molar-refractivity contribution is 0.0526. The van der Waals surface area contributed by atoms with Gasteiger partial charge in [0.05, 0.1) is 17.8 Å². The van der Waals surface area contributed by atoms with Crippen molar-refractivity contribution in [3.63, 3.8) is 0 Å². The Hall–Kier alpha value is -2.14. The number of fused-ring (bicyclic) bond motifs is 1. The summed E-state index contributed by atoms with van der Waals surface area (Å²) in [5.41, 5.74) is 2.25. The Kier molecular flexibility index (Phi) is 4.76. The number of esters is 1. The Morgan fingerprint density at radius 1 is 1.43 bits per heavy atom. The number of pyridine rings is 1. The monoisotopic (exact) mass is 314 g/mol. The number of aliphatic hydroxyl groups excluding tert-OH is 1. The van der Waals surface area contributed by atoms with Crippen molar-refractivity contribution in [1.82, 2.24) is 4.98 Å². The molecule has 0 spiro atoms. The number of piperidine rings is 1. The minimum atomic E-state index is -0.341. The lowest BCUT2D eigenvalue weighted by Crippen LogP contribution is -2.38. The fourth-order valence-corrected chi connectivity index (χ4v) is 3.24. The average Bonchev–Trinajstić information content (AvgIpc) is 2.61. The van der Waals surface area contributed by atoms with Gasteiger partial charge in [-0.3, -0.25) is 4.98 Å². The fourth-order valence-electron chi connectivity index (χ4n) is 3.24. The quantitative estimate of drug-likeness (QED) is 0.879. The van der Waals surface area contributed by atoms with E-state index in [1.165, 1.54) is 0 Å². The number of aromatic nitrogens is 1.